The second-order valence-corrected chi connectivity index (χ2v) is 7.25. The van der Waals surface area contributed by atoms with Gasteiger partial charge in [-0.25, -0.2) is 0 Å². The van der Waals surface area contributed by atoms with Gasteiger partial charge in [0, 0.05) is 24.3 Å². The van der Waals surface area contributed by atoms with Crippen molar-refractivity contribution in [1.82, 2.24) is 10.3 Å². The first-order chi connectivity index (χ1) is 9.30. The molecule has 20 heavy (non-hydrogen) atoms. The van der Waals surface area contributed by atoms with Crippen LogP contribution >= 0.6 is 11.3 Å². The van der Waals surface area contributed by atoms with Crippen LogP contribution in [0.4, 0.5) is 5.69 Å². The van der Waals surface area contributed by atoms with Gasteiger partial charge in [-0.1, -0.05) is 27.7 Å². The Morgan fingerprint density at radius 1 is 1.50 bits per heavy atom. The first kappa shape index (κ1) is 14.8. The van der Waals surface area contributed by atoms with E-state index < -0.39 is 0 Å². The summed E-state index contributed by atoms with van der Waals surface area (Å²) in [6.07, 6.45) is 3.43. The van der Waals surface area contributed by atoms with Gasteiger partial charge in [-0.2, -0.15) is 0 Å². The lowest BCUT2D eigenvalue weighted by molar-refractivity contribution is 0.0942. The van der Waals surface area contributed by atoms with Crippen LogP contribution in [0.1, 0.15) is 37.4 Å². The van der Waals surface area contributed by atoms with Crippen LogP contribution in [0.25, 0.3) is 10.1 Å². The Morgan fingerprint density at radius 3 is 2.80 bits per heavy atom. The molecule has 0 spiro atoms. The van der Waals surface area contributed by atoms with Gasteiger partial charge in [0.15, 0.2) is 0 Å². The largest absolute Gasteiger partial charge is 0.397 e. The van der Waals surface area contributed by atoms with E-state index >= 15 is 0 Å². The second-order valence-electron chi connectivity index (χ2n) is 6.19. The van der Waals surface area contributed by atoms with Gasteiger partial charge in [0.25, 0.3) is 5.91 Å². The van der Waals surface area contributed by atoms with Crippen molar-refractivity contribution >= 4 is 33.0 Å². The molecule has 0 radical (unpaired) electrons. The number of aromatic nitrogens is 1. The van der Waals surface area contributed by atoms with Crippen LogP contribution in [-0.2, 0) is 0 Å². The van der Waals surface area contributed by atoms with Gasteiger partial charge in [-0.05, 0) is 17.4 Å². The summed E-state index contributed by atoms with van der Waals surface area (Å²) in [6, 6.07) is 1.84. The zero-order valence-electron chi connectivity index (χ0n) is 12.4. The Balaban J connectivity index is 2.14. The predicted octanol–water partition coefficient (Wildman–Crippen LogP) is 3.29. The first-order valence-electron chi connectivity index (χ1n) is 6.71. The molecular weight excluding hydrogens is 270 g/mol. The fraction of sp³-hybridized carbons (Fsp3) is 0.467. The highest BCUT2D eigenvalue weighted by Gasteiger charge is 2.22. The number of hydrogen-bond acceptors (Lipinski definition) is 4. The Kier molecular flexibility index (Phi) is 3.99. The van der Waals surface area contributed by atoms with E-state index in [0.29, 0.717) is 23.0 Å². The topological polar surface area (TPSA) is 68.0 Å². The predicted molar refractivity (Wildman–Crippen MR) is 85.0 cm³/mol. The highest BCUT2D eigenvalue weighted by Crippen LogP contribution is 2.32. The van der Waals surface area contributed by atoms with Crippen molar-refractivity contribution in [2.75, 3.05) is 12.3 Å². The molecule has 2 rings (SSSR count). The maximum Gasteiger partial charge on any atom is 0.263 e. The molecule has 0 aromatic carbocycles. The first-order valence-corrected chi connectivity index (χ1v) is 7.52. The molecule has 0 saturated carbocycles. The van der Waals surface area contributed by atoms with Gasteiger partial charge in [0.1, 0.15) is 4.88 Å². The maximum absolute atomic E-state index is 12.3. The van der Waals surface area contributed by atoms with Crippen LogP contribution in [0.3, 0.4) is 0 Å². The SMILES string of the molecule is CC(CNC(=O)c1sc2cnccc2c1N)C(C)(C)C. The Hall–Kier alpha value is -1.62. The van der Waals surface area contributed by atoms with Crippen LogP contribution in [-0.4, -0.2) is 17.4 Å². The minimum Gasteiger partial charge on any atom is -0.397 e. The zero-order valence-corrected chi connectivity index (χ0v) is 13.2. The molecule has 3 N–H and O–H groups in total. The summed E-state index contributed by atoms with van der Waals surface area (Å²) >= 11 is 1.39. The number of fused-ring (bicyclic) bond motifs is 1. The van der Waals surface area contributed by atoms with Gasteiger partial charge >= 0.3 is 0 Å². The molecule has 5 heteroatoms. The van der Waals surface area contributed by atoms with Crippen molar-refractivity contribution in [2.24, 2.45) is 11.3 Å². The van der Waals surface area contributed by atoms with E-state index in [2.05, 4.69) is 38.0 Å². The van der Waals surface area contributed by atoms with Crippen molar-refractivity contribution in [3.63, 3.8) is 0 Å². The summed E-state index contributed by atoms with van der Waals surface area (Å²) in [7, 11) is 0. The lowest BCUT2D eigenvalue weighted by atomic mass is 9.82. The second kappa shape index (κ2) is 5.40. The van der Waals surface area contributed by atoms with E-state index in [0.717, 1.165) is 10.1 Å². The highest BCUT2D eigenvalue weighted by molar-refractivity contribution is 7.21. The molecule has 108 valence electrons. The molecule has 0 saturated heterocycles. The van der Waals surface area contributed by atoms with Crippen LogP contribution in [0, 0.1) is 11.3 Å². The third-order valence-corrected chi connectivity index (χ3v) is 4.94. The molecule has 0 aliphatic rings. The number of nitrogens with zero attached hydrogens (tertiary/aromatic N) is 1. The van der Waals surface area contributed by atoms with E-state index in [1.807, 2.05) is 6.07 Å². The minimum atomic E-state index is -0.0974. The molecule has 0 aliphatic carbocycles. The van der Waals surface area contributed by atoms with Crippen molar-refractivity contribution in [1.29, 1.82) is 0 Å². The lowest BCUT2D eigenvalue weighted by Crippen LogP contribution is -2.33. The van der Waals surface area contributed by atoms with Gasteiger partial charge in [0.05, 0.1) is 10.4 Å². The molecule has 2 aromatic heterocycles. The quantitative estimate of drug-likeness (QED) is 0.911. The molecule has 0 bridgehead atoms. The van der Waals surface area contributed by atoms with Gasteiger partial charge in [0.2, 0.25) is 0 Å². The van der Waals surface area contributed by atoms with E-state index in [4.69, 9.17) is 5.73 Å². The number of nitrogens with two attached hydrogens (primary N) is 1. The number of nitrogen functional groups attached to an aromatic ring is 1. The number of amides is 1. The Morgan fingerprint density at radius 2 is 2.20 bits per heavy atom. The standard InChI is InChI=1S/C15H21N3OS/c1-9(15(2,3)4)7-18-14(19)13-12(16)10-5-6-17-8-11(10)20-13/h5-6,8-9H,7,16H2,1-4H3,(H,18,19). The van der Waals surface area contributed by atoms with Crippen LogP contribution in [0.2, 0.25) is 0 Å². The Labute approximate surface area is 123 Å². The monoisotopic (exact) mass is 291 g/mol. The van der Waals surface area contributed by atoms with Gasteiger partial charge < -0.3 is 11.1 Å². The molecule has 4 nitrogen and oxygen atoms in total. The van der Waals surface area contributed by atoms with Crippen molar-refractivity contribution < 1.29 is 4.79 Å². The maximum atomic E-state index is 12.3. The number of rotatable bonds is 3. The summed E-state index contributed by atoms with van der Waals surface area (Å²) in [5, 5.41) is 3.88. The van der Waals surface area contributed by atoms with Gasteiger partial charge in [-0.3, -0.25) is 9.78 Å². The molecule has 2 heterocycles. The summed E-state index contributed by atoms with van der Waals surface area (Å²) < 4.78 is 0.944. The van der Waals surface area contributed by atoms with Crippen LogP contribution < -0.4 is 11.1 Å². The van der Waals surface area contributed by atoms with E-state index in [1.54, 1.807) is 12.4 Å². The van der Waals surface area contributed by atoms with E-state index in [9.17, 15) is 4.79 Å². The highest BCUT2D eigenvalue weighted by atomic mass is 32.1. The summed E-state index contributed by atoms with van der Waals surface area (Å²) in [5.41, 5.74) is 6.77. The van der Waals surface area contributed by atoms with Crippen molar-refractivity contribution in [3.8, 4) is 0 Å². The summed E-state index contributed by atoms with van der Waals surface area (Å²) in [4.78, 5) is 16.9. The number of carbonyl (C=O) groups is 1. The normalized spacial score (nSPS) is 13.4. The van der Waals surface area contributed by atoms with Crippen LogP contribution in [0.15, 0.2) is 18.5 Å². The number of thiophene rings is 1. The van der Waals surface area contributed by atoms with Crippen molar-refractivity contribution in [3.05, 3.63) is 23.3 Å². The van der Waals surface area contributed by atoms with Crippen LogP contribution in [0.5, 0.6) is 0 Å². The summed E-state index contributed by atoms with van der Waals surface area (Å²) in [6.45, 7) is 9.29. The number of carbonyl (C=O) groups excluding carboxylic acids is 1. The number of nitrogens with one attached hydrogen (secondary N) is 1. The molecule has 2 aromatic rings. The third-order valence-electron chi connectivity index (χ3n) is 3.78. The molecule has 1 atom stereocenters. The number of hydrogen-bond donors (Lipinski definition) is 2. The Bertz CT molecular complexity index is 628. The number of pyridine rings is 1. The zero-order chi connectivity index (χ0) is 14.9. The fourth-order valence-corrected chi connectivity index (χ4v) is 2.78. The lowest BCUT2D eigenvalue weighted by Gasteiger charge is -2.27. The third kappa shape index (κ3) is 2.93. The molecular formula is C15H21N3OS. The van der Waals surface area contributed by atoms with Gasteiger partial charge in [-0.15, -0.1) is 11.3 Å². The molecule has 1 amide bonds. The van der Waals surface area contributed by atoms with Crippen molar-refractivity contribution in [2.45, 2.75) is 27.7 Å². The van der Waals surface area contributed by atoms with E-state index in [-0.39, 0.29) is 11.3 Å². The van der Waals surface area contributed by atoms with E-state index in [1.165, 1.54) is 11.3 Å². The smallest absolute Gasteiger partial charge is 0.263 e. The summed E-state index contributed by atoms with van der Waals surface area (Å²) in [5.74, 6) is 0.295. The number of anilines is 1. The fourth-order valence-electron chi connectivity index (χ4n) is 1.77. The average molecular weight is 291 g/mol. The molecule has 0 aliphatic heterocycles. The average Bonchev–Trinajstić information content (AvgIpc) is 2.72. The molecule has 0 fully saturated rings. The molecule has 1 unspecified atom stereocenters. The minimum absolute atomic E-state index is 0.0974.